The van der Waals surface area contributed by atoms with Gasteiger partial charge in [0.05, 0.1) is 19.8 Å². The molecule has 80 valence electrons. The third kappa shape index (κ3) is 1.44. The quantitative estimate of drug-likeness (QED) is 0.698. The summed E-state index contributed by atoms with van der Waals surface area (Å²) in [6.45, 7) is 4.84. The van der Waals surface area contributed by atoms with Crippen molar-refractivity contribution in [1.29, 1.82) is 0 Å². The Labute approximate surface area is 90.2 Å². The summed E-state index contributed by atoms with van der Waals surface area (Å²) in [6, 6.07) is 6.61. The molecule has 0 amide bonds. The fourth-order valence-corrected chi connectivity index (χ4v) is 2.31. The highest BCUT2D eigenvalue weighted by Crippen LogP contribution is 2.35. The van der Waals surface area contributed by atoms with Crippen LogP contribution in [0.15, 0.2) is 18.2 Å². The van der Waals surface area contributed by atoms with Gasteiger partial charge < -0.3 is 9.47 Å². The largest absolute Gasteiger partial charge is 0.493 e. The van der Waals surface area contributed by atoms with Gasteiger partial charge in [0.15, 0.2) is 0 Å². The van der Waals surface area contributed by atoms with Gasteiger partial charge in [-0.2, -0.15) is 0 Å². The molecule has 0 bridgehead atoms. The Morgan fingerprint density at radius 3 is 2.87 bits per heavy atom. The zero-order chi connectivity index (χ0) is 10.3. The smallest absolute Gasteiger partial charge is 0.122 e. The molecule has 2 nitrogen and oxygen atoms in total. The molecule has 0 atom stereocenters. The van der Waals surface area contributed by atoms with E-state index in [1.54, 1.807) is 0 Å². The molecule has 2 heterocycles. The molecule has 0 aliphatic carbocycles. The summed E-state index contributed by atoms with van der Waals surface area (Å²) in [7, 11) is 0. The second kappa shape index (κ2) is 3.24. The predicted octanol–water partition coefficient (Wildman–Crippen LogP) is 2.30. The van der Waals surface area contributed by atoms with Crippen LogP contribution in [0.4, 0.5) is 0 Å². The van der Waals surface area contributed by atoms with Gasteiger partial charge in [0.1, 0.15) is 5.75 Å². The zero-order valence-electron chi connectivity index (χ0n) is 9.08. The summed E-state index contributed by atoms with van der Waals surface area (Å²) in [5.41, 5.74) is 3.01. The molecule has 0 unspecified atom stereocenters. The average Bonchev–Trinajstić information content (AvgIpc) is 2.25. The summed E-state index contributed by atoms with van der Waals surface area (Å²) in [6.07, 6.45) is 2.30. The molecule has 1 aromatic carbocycles. The average molecular weight is 204 g/mol. The van der Waals surface area contributed by atoms with Crippen LogP contribution >= 0.6 is 0 Å². The molecule has 1 saturated heterocycles. The maximum absolute atomic E-state index is 5.61. The van der Waals surface area contributed by atoms with Crippen molar-refractivity contribution in [3.8, 4) is 5.75 Å². The van der Waals surface area contributed by atoms with E-state index >= 15 is 0 Å². The highest BCUT2D eigenvalue weighted by Gasteiger charge is 2.35. The number of hydrogen-bond acceptors (Lipinski definition) is 2. The van der Waals surface area contributed by atoms with E-state index in [1.807, 2.05) is 0 Å². The molecule has 0 radical (unpaired) electrons. The molecule has 15 heavy (non-hydrogen) atoms. The van der Waals surface area contributed by atoms with Crippen LogP contribution in [0.2, 0.25) is 0 Å². The van der Waals surface area contributed by atoms with Gasteiger partial charge >= 0.3 is 0 Å². The van der Waals surface area contributed by atoms with Crippen LogP contribution in [-0.4, -0.2) is 19.8 Å². The van der Waals surface area contributed by atoms with E-state index in [2.05, 4.69) is 25.1 Å². The summed E-state index contributed by atoms with van der Waals surface area (Å²) in [5.74, 6) is 1.08. The van der Waals surface area contributed by atoms with E-state index in [1.165, 1.54) is 11.1 Å². The molecule has 1 fully saturated rings. The molecule has 2 aliphatic rings. The number of fused-ring (bicyclic) bond motifs is 1. The molecule has 2 aliphatic heterocycles. The minimum absolute atomic E-state index is 0.243. The molecule has 0 saturated carbocycles. The zero-order valence-corrected chi connectivity index (χ0v) is 9.08. The third-order valence-corrected chi connectivity index (χ3v) is 3.45. The summed E-state index contributed by atoms with van der Waals surface area (Å²) < 4.78 is 10.9. The number of ether oxygens (including phenoxy) is 2. The minimum Gasteiger partial charge on any atom is -0.493 e. The molecule has 0 N–H and O–H groups in total. The van der Waals surface area contributed by atoms with Crippen LogP contribution in [0, 0.1) is 0 Å². The second-order valence-electron chi connectivity index (χ2n) is 4.83. The van der Waals surface area contributed by atoms with Gasteiger partial charge in [0.2, 0.25) is 0 Å². The molecule has 0 aromatic heterocycles. The Bertz CT molecular complexity index is 380. The Morgan fingerprint density at radius 1 is 1.27 bits per heavy atom. The van der Waals surface area contributed by atoms with Crippen molar-refractivity contribution in [3.63, 3.8) is 0 Å². The first-order chi connectivity index (χ1) is 7.28. The van der Waals surface area contributed by atoms with Crippen molar-refractivity contribution >= 4 is 0 Å². The van der Waals surface area contributed by atoms with Crippen molar-refractivity contribution in [2.45, 2.75) is 25.2 Å². The summed E-state index contributed by atoms with van der Waals surface area (Å²) in [4.78, 5) is 0. The van der Waals surface area contributed by atoms with Crippen molar-refractivity contribution in [3.05, 3.63) is 29.3 Å². The Morgan fingerprint density at radius 2 is 2.13 bits per heavy atom. The van der Waals surface area contributed by atoms with Crippen LogP contribution in [-0.2, 0) is 16.6 Å². The van der Waals surface area contributed by atoms with Gasteiger partial charge in [-0.15, -0.1) is 0 Å². The lowest BCUT2D eigenvalue weighted by Crippen LogP contribution is -2.43. The predicted molar refractivity (Wildman–Crippen MR) is 58.4 cm³/mol. The Kier molecular flexibility index (Phi) is 1.99. The van der Waals surface area contributed by atoms with E-state index < -0.39 is 0 Å². The lowest BCUT2D eigenvalue weighted by molar-refractivity contribution is -0.0500. The lowest BCUT2D eigenvalue weighted by Gasteiger charge is -2.39. The maximum Gasteiger partial charge on any atom is 0.122 e. The first-order valence-electron chi connectivity index (χ1n) is 5.62. The lowest BCUT2D eigenvalue weighted by atomic mass is 9.80. The molecular formula is C13H16O2. The van der Waals surface area contributed by atoms with Crippen LogP contribution in [0.3, 0.4) is 0 Å². The number of hydrogen-bond donors (Lipinski definition) is 0. The monoisotopic (exact) mass is 204 g/mol. The van der Waals surface area contributed by atoms with Crippen molar-refractivity contribution in [2.75, 3.05) is 19.8 Å². The van der Waals surface area contributed by atoms with Crippen LogP contribution < -0.4 is 4.74 Å². The van der Waals surface area contributed by atoms with Gasteiger partial charge in [-0.05, 0) is 30.0 Å². The van der Waals surface area contributed by atoms with Crippen molar-refractivity contribution in [2.24, 2.45) is 0 Å². The van der Waals surface area contributed by atoms with E-state index in [9.17, 15) is 0 Å². The molecule has 1 aromatic rings. The van der Waals surface area contributed by atoms with Crippen molar-refractivity contribution in [1.82, 2.24) is 0 Å². The first kappa shape index (κ1) is 9.22. The van der Waals surface area contributed by atoms with Crippen LogP contribution in [0.25, 0.3) is 0 Å². The number of benzene rings is 1. The van der Waals surface area contributed by atoms with Gasteiger partial charge in [0, 0.05) is 5.41 Å². The third-order valence-electron chi connectivity index (χ3n) is 3.45. The van der Waals surface area contributed by atoms with E-state index in [0.29, 0.717) is 0 Å². The van der Waals surface area contributed by atoms with E-state index in [0.717, 1.165) is 38.4 Å². The highest BCUT2D eigenvalue weighted by atomic mass is 16.5. The maximum atomic E-state index is 5.61. The molecular weight excluding hydrogens is 188 g/mol. The van der Waals surface area contributed by atoms with Crippen molar-refractivity contribution < 1.29 is 9.47 Å². The van der Waals surface area contributed by atoms with E-state index in [-0.39, 0.29) is 5.41 Å². The van der Waals surface area contributed by atoms with Gasteiger partial charge in [-0.25, -0.2) is 0 Å². The SMILES string of the molecule is CC1(c2ccc3c(c2)CCCO3)COC1. The van der Waals surface area contributed by atoms with Gasteiger partial charge in [-0.1, -0.05) is 19.1 Å². The van der Waals surface area contributed by atoms with Gasteiger partial charge in [0.25, 0.3) is 0 Å². The summed E-state index contributed by atoms with van der Waals surface area (Å²) in [5, 5.41) is 0. The summed E-state index contributed by atoms with van der Waals surface area (Å²) >= 11 is 0. The number of aryl methyl sites for hydroxylation is 1. The Balaban J connectivity index is 1.97. The first-order valence-corrected chi connectivity index (χ1v) is 5.62. The van der Waals surface area contributed by atoms with Crippen LogP contribution in [0.5, 0.6) is 5.75 Å². The Hall–Kier alpha value is -1.02. The molecule has 2 heteroatoms. The standard InChI is InChI=1S/C13H16O2/c1-13(8-14-9-13)11-4-5-12-10(7-11)3-2-6-15-12/h4-5,7H,2-3,6,8-9H2,1H3. The van der Waals surface area contributed by atoms with Crippen LogP contribution in [0.1, 0.15) is 24.5 Å². The normalized spacial score (nSPS) is 22.5. The highest BCUT2D eigenvalue weighted by molar-refractivity contribution is 5.41. The fourth-order valence-electron chi connectivity index (χ4n) is 2.31. The molecule has 3 rings (SSSR count). The molecule has 0 spiro atoms. The topological polar surface area (TPSA) is 18.5 Å². The second-order valence-corrected chi connectivity index (χ2v) is 4.83. The minimum atomic E-state index is 0.243. The van der Waals surface area contributed by atoms with Gasteiger partial charge in [-0.3, -0.25) is 0 Å². The fraction of sp³-hybridized carbons (Fsp3) is 0.538. The van der Waals surface area contributed by atoms with E-state index in [4.69, 9.17) is 9.47 Å². The number of rotatable bonds is 1.